The van der Waals surface area contributed by atoms with Crippen LogP contribution in [0.25, 0.3) is 5.57 Å². The van der Waals surface area contributed by atoms with Crippen molar-refractivity contribution in [3.8, 4) is 5.75 Å². The number of esters is 1. The Bertz CT molecular complexity index is 607. The van der Waals surface area contributed by atoms with Gasteiger partial charge < -0.3 is 14.6 Å². The van der Waals surface area contributed by atoms with Crippen molar-refractivity contribution >= 4 is 22.9 Å². The number of aliphatic hydroxyl groups excluding tert-OH is 1. The van der Waals surface area contributed by atoms with Gasteiger partial charge in [0.05, 0.1) is 29.5 Å². The maximum Gasteiger partial charge on any atom is 0.342 e. The number of aliphatic hydroxyl groups is 1. The van der Waals surface area contributed by atoms with Crippen LogP contribution in [-0.2, 0) is 16.1 Å². The zero-order valence-corrected chi connectivity index (χ0v) is 11.6. The van der Waals surface area contributed by atoms with E-state index in [1.54, 1.807) is 5.51 Å². The SMILES string of the molecule is COC(=O)/C(=C/O)c1scnc1COc1ccccc1. The molecule has 0 fully saturated rings. The first kappa shape index (κ1) is 14.1. The molecule has 1 N–H and O–H groups in total. The molecule has 2 aromatic rings. The second-order valence-electron chi connectivity index (χ2n) is 3.76. The number of hydrogen-bond acceptors (Lipinski definition) is 6. The van der Waals surface area contributed by atoms with E-state index in [0.29, 0.717) is 16.3 Å². The van der Waals surface area contributed by atoms with E-state index in [1.807, 2.05) is 30.3 Å². The zero-order chi connectivity index (χ0) is 14.4. The van der Waals surface area contributed by atoms with Gasteiger partial charge in [0.25, 0.3) is 0 Å². The van der Waals surface area contributed by atoms with E-state index in [0.717, 1.165) is 6.26 Å². The van der Waals surface area contributed by atoms with Gasteiger partial charge in [-0.3, -0.25) is 0 Å². The fourth-order valence-corrected chi connectivity index (χ4v) is 2.37. The number of hydrogen-bond donors (Lipinski definition) is 1. The first-order valence-corrected chi connectivity index (χ1v) is 6.67. The van der Waals surface area contributed by atoms with Crippen molar-refractivity contribution in [3.63, 3.8) is 0 Å². The number of nitrogens with zero attached hydrogens (tertiary/aromatic N) is 1. The van der Waals surface area contributed by atoms with Gasteiger partial charge in [0.1, 0.15) is 17.9 Å². The standard InChI is InChI=1S/C14H13NO4S/c1-18-14(17)11(7-16)13-12(15-9-20-13)8-19-10-5-3-2-4-6-10/h2-7,9,16H,8H2,1H3/b11-7+. The van der Waals surface area contributed by atoms with Gasteiger partial charge in [-0.1, -0.05) is 18.2 Å². The van der Waals surface area contributed by atoms with Crippen molar-refractivity contribution in [2.45, 2.75) is 6.61 Å². The minimum atomic E-state index is -0.613. The zero-order valence-electron chi connectivity index (χ0n) is 10.8. The third-order valence-electron chi connectivity index (χ3n) is 2.54. The predicted octanol–water partition coefficient (Wildman–Crippen LogP) is 2.79. The molecule has 2 rings (SSSR count). The summed E-state index contributed by atoms with van der Waals surface area (Å²) < 4.78 is 10.2. The van der Waals surface area contributed by atoms with E-state index in [4.69, 9.17) is 4.74 Å². The third-order valence-corrected chi connectivity index (χ3v) is 3.44. The van der Waals surface area contributed by atoms with Crippen LogP contribution in [0.1, 0.15) is 10.6 Å². The molecule has 0 saturated heterocycles. The van der Waals surface area contributed by atoms with E-state index in [2.05, 4.69) is 9.72 Å². The van der Waals surface area contributed by atoms with Crippen LogP contribution < -0.4 is 4.74 Å². The van der Waals surface area contributed by atoms with E-state index >= 15 is 0 Å². The summed E-state index contributed by atoms with van der Waals surface area (Å²) in [6.07, 6.45) is 0.728. The van der Waals surface area contributed by atoms with Gasteiger partial charge in [0.15, 0.2) is 0 Å². The highest BCUT2D eigenvalue weighted by molar-refractivity contribution is 7.11. The second kappa shape index (κ2) is 6.72. The van der Waals surface area contributed by atoms with Gasteiger partial charge in [-0.15, -0.1) is 11.3 Å². The summed E-state index contributed by atoms with van der Waals surface area (Å²) in [5, 5.41) is 9.18. The molecule has 0 atom stereocenters. The van der Waals surface area contributed by atoms with Crippen molar-refractivity contribution < 1.29 is 19.4 Å². The van der Waals surface area contributed by atoms with Gasteiger partial charge in [-0.25, -0.2) is 9.78 Å². The molecular weight excluding hydrogens is 278 g/mol. The Kier molecular flexibility index (Phi) is 4.73. The van der Waals surface area contributed by atoms with Gasteiger partial charge in [0, 0.05) is 0 Å². The number of benzene rings is 1. The molecular formula is C14H13NO4S. The quantitative estimate of drug-likeness (QED) is 0.521. The molecule has 0 saturated carbocycles. The van der Waals surface area contributed by atoms with Gasteiger partial charge in [-0.05, 0) is 12.1 Å². The summed E-state index contributed by atoms with van der Waals surface area (Å²) in [5.41, 5.74) is 2.23. The lowest BCUT2D eigenvalue weighted by atomic mass is 10.2. The van der Waals surface area contributed by atoms with Crippen molar-refractivity contribution in [1.82, 2.24) is 4.98 Å². The summed E-state index contributed by atoms with van der Waals surface area (Å²) in [7, 11) is 1.26. The molecule has 0 unspecified atom stereocenters. The summed E-state index contributed by atoms with van der Waals surface area (Å²) in [5.74, 6) is 0.0942. The van der Waals surface area contributed by atoms with E-state index in [1.165, 1.54) is 18.4 Å². The average molecular weight is 291 g/mol. The van der Waals surface area contributed by atoms with Crippen molar-refractivity contribution in [2.75, 3.05) is 7.11 Å². The molecule has 0 radical (unpaired) electrons. The van der Waals surface area contributed by atoms with Crippen LogP contribution in [0.2, 0.25) is 0 Å². The normalized spacial score (nSPS) is 11.2. The Morgan fingerprint density at radius 1 is 1.40 bits per heavy atom. The molecule has 1 aromatic carbocycles. The largest absolute Gasteiger partial charge is 0.515 e. The number of rotatable bonds is 5. The Labute approximate surface area is 120 Å². The van der Waals surface area contributed by atoms with E-state index in [9.17, 15) is 9.90 Å². The Hall–Kier alpha value is -2.34. The van der Waals surface area contributed by atoms with E-state index in [-0.39, 0.29) is 12.2 Å². The van der Waals surface area contributed by atoms with Gasteiger partial charge >= 0.3 is 5.97 Å². The molecule has 20 heavy (non-hydrogen) atoms. The van der Waals surface area contributed by atoms with Crippen LogP contribution in [0, 0.1) is 0 Å². The monoisotopic (exact) mass is 291 g/mol. The number of aromatic nitrogens is 1. The summed E-state index contributed by atoms with van der Waals surface area (Å²) in [6.45, 7) is 0.206. The minimum absolute atomic E-state index is 0.0710. The molecule has 0 aliphatic carbocycles. The van der Waals surface area contributed by atoms with Crippen LogP contribution >= 0.6 is 11.3 Å². The molecule has 0 spiro atoms. The number of thiazole rings is 1. The molecule has 5 nitrogen and oxygen atoms in total. The average Bonchev–Trinajstić information content (AvgIpc) is 2.95. The van der Waals surface area contributed by atoms with Crippen LogP contribution in [0.4, 0.5) is 0 Å². The summed E-state index contributed by atoms with van der Waals surface area (Å²) in [6, 6.07) is 9.28. The fourth-order valence-electron chi connectivity index (χ4n) is 1.57. The molecule has 1 aromatic heterocycles. The summed E-state index contributed by atoms with van der Waals surface area (Å²) in [4.78, 5) is 16.2. The summed E-state index contributed by atoms with van der Waals surface area (Å²) >= 11 is 1.24. The number of carbonyl (C=O) groups is 1. The van der Waals surface area contributed by atoms with Crippen molar-refractivity contribution in [2.24, 2.45) is 0 Å². The van der Waals surface area contributed by atoms with Crippen LogP contribution in [0.5, 0.6) is 5.75 Å². The predicted molar refractivity (Wildman–Crippen MR) is 75.5 cm³/mol. The number of carbonyl (C=O) groups excluding carboxylic acids is 1. The first-order valence-electron chi connectivity index (χ1n) is 5.79. The number of methoxy groups -OCH3 is 1. The molecule has 0 aliphatic rings. The Morgan fingerprint density at radius 3 is 2.80 bits per heavy atom. The molecule has 6 heteroatoms. The molecule has 1 heterocycles. The number of ether oxygens (including phenoxy) is 2. The number of para-hydroxylation sites is 1. The molecule has 0 amide bonds. The van der Waals surface area contributed by atoms with Gasteiger partial charge in [0.2, 0.25) is 0 Å². The van der Waals surface area contributed by atoms with Crippen LogP contribution in [0.3, 0.4) is 0 Å². The van der Waals surface area contributed by atoms with E-state index < -0.39 is 5.97 Å². The third kappa shape index (κ3) is 3.16. The molecule has 0 aliphatic heterocycles. The lowest BCUT2D eigenvalue weighted by Gasteiger charge is -2.07. The maximum absolute atomic E-state index is 11.6. The smallest absolute Gasteiger partial charge is 0.342 e. The van der Waals surface area contributed by atoms with Crippen molar-refractivity contribution in [1.29, 1.82) is 0 Å². The molecule has 104 valence electrons. The first-order chi connectivity index (χ1) is 9.76. The highest BCUT2D eigenvalue weighted by Crippen LogP contribution is 2.25. The lowest BCUT2D eigenvalue weighted by molar-refractivity contribution is -0.133. The van der Waals surface area contributed by atoms with Crippen molar-refractivity contribution in [3.05, 3.63) is 52.7 Å². The molecule has 0 bridgehead atoms. The Balaban J connectivity index is 2.15. The van der Waals surface area contributed by atoms with Crippen LogP contribution in [-0.4, -0.2) is 23.2 Å². The minimum Gasteiger partial charge on any atom is -0.515 e. The fraction of sp³-hybridized carbons (Fsp3) is 0.143. The maximum atomic E-state index is 11.6. The lowest BCUT2D eigenvalue weighted by Crippen LogP contribution is -2.06. The van der Waals surface area contributed by atoms with Gasteiger partial charge in [-0.2, -0.15) is 0 Å². The Morgan fingerprint density at radius 2 is 2.15 bits per heavy atom. The highest BCUT2D eigenvalue weighted by atomic mass is 32.1. The topological polar surface area (TPSA) is 68.7 Å². The second-order valence-corrected chi connectivity index (χ2v) is 4.62. The highest BCUT2D eigenvalue weighted by Gasteiger charge is 2.19. The van der Waals surface area contributed by atoms with Crippen LogP contribution in [0.15, 0.2) is 42.1 Å².